The molecule has 0 saturated carbocycles. The van der Waals surface area contributed by atoms with Crippen LogP contribution in [0.25, 0.3) is 0 Å². The van der Waals surface area contributed by atoms with Crippen molar-refractivity contribution in [2.75, 3.05) is 0 Å². The van der Waals surface area contributed by atoms with Crippen molar-refractivity contribution in [3.63, 3.8) is 0 Å². The van der Waals surface area contributed by atoms with Gasteiger partial charge in [-0.25, -0.2) is 0 Å². The van der Waals surface area contributed by atoms with Crippen molar-refractivity contribution in [2.45, 2.75) is 25.1 Å². The van der Waals surface area contributed by atoms with Crippen LogP contribution in [-0.4, -0.2) is 0 Å². The second-order valence-corrected chi connectivity index (χ2v) is 5.42. The Morgan fingerprint density at radius 1 is 1.11 bits per heavy atom. The molecule has 2 rings (SSSR count). The fourth-order valence-electron chi connectivity index (χ4n) is 1.73. The third-order valence-electron chi connectivity index (χ3n) is 2.74. The van der Waals surface area contributed by atoms with Crippen molar-refractivity contribution < 1.29 is 4.42 Å². The van der Waals surface area contributed by atoms with Gasteiger partial charge in [-0.15, -0.1) is 11.6 Å². The Labute approximate surface area is 122 Å². The van der Waals surface area contributed by atoms with Gasteiger partial charge in [0.05, 0.1) is 15.4 Å². The lowest BCUT2D eigenvalue weighted by atomic mass is 10.1. The summed E-state index contributed by atoms with van der Waals surface area (Å²) >= 11 is 18.2. The smallest absolute Gasteiger partial charge is 0.122 e. The summed E-state index contributed by atoms with van der Waals surface area (Å²) in [5.41, 5.74) is 1.04. The summed E-state index contributed by atoms with van der Waals surface area (Å²) in [6, 6.07) is 9.42. The molecule has 1 atom stereocenters. The Morgan fingerprint density at radius 2 is 1.89 bits per heavy atom. The first-order chi connectivity index (χ1) is 8.60. The number of benzene rings is 1. The normalized spacial score (nSPS) is 12.7. The minimum absolute atomic E-state index is 0.192. The molecule has 0 radical (unpaired) electrons. The minimum Gasteiger partial charge on any atom is -0.465 e. The molecule has 0 fully saturated rings. The molecule has 0 aliphatic heterocycles. The van der Waals surface area contributed by atoms with Crippen LogP contribution < -0.4 is 0 Å². The maximum atomic E-state index is 6.33. The first kappa shape index (κ1) is 13.8. The zero-order chi connectivity index (χ0) is 13.1. The Hall–Kier alpha value is -0.630. The van der Waals surface area contributed by atoms with E-state index in [1.54, 1.807) is 6.07 Å². The van der Waals surface area contributed by atoms with E-state index in [1.165, 1.54) is 0 Å². The zero-order valence-corrected chi connectivity index (χ0v) is 12.2. The predicted octanol–water partition coefficient (Wildman–Crippen LogP) is 5.67. The van der Waals surface area contributed by atoms with Gasteiger partial charge in [0.15, 0.2) is 0 Å². The first-order valence-electron chi connectivity index (χ1n) is 5.76. The number of furan rings is 1. The highest BCUT2D eigenvalue weighted by molar-refractivity contribution is 6.42. The molecule has 4 heteroatoms. The van der Waals surface area contributed by atoms with Gasteiger partial charge < -0.3 is 4.42 Å². The van der Waals surface area contributed by atoms with Crippen LogP contribution in [0.4, 0.5) is 0 Å². The highest BCUT2D eigenvalue weighted by atomic mass is 35.5. The summed E-state index contributed by atoms with van der Waals surface area (Å²) in [4.78, 5) is 0. The van der Waals surface area contributed by atoms with Crippen LogP contribution in [0, 0.1) is 0 Å². The number of halogens is 3. The number of aryl methyl sites for hydroxylation is 1. The van der Waals surface area contributed by atoms with Gasteiger partial charge in [-0.1, -0.05) is 36.2 Å². The molecule has 0 spiro atoms. The van der Waals surface area contributed by atoms with Crippen molar-refractivity contribution in [1.82, 2.24) is 0 Å². The van der Waals surface area contributed by atoms with Crippen LogP contribution in [0.5, 0.6) is 0 Å². The number of hydrogen-bond acceptors (Lipinski definition) is 1. The Bertz CT molecular complexity index is 534. The van der Waals surface area contributed by atoms with E-state index in [2.05, 4.69) is 0 Å². The lowest BCUT2D eigenvalue weighted by Gasteiger charge is -2.07. The fourth-order valence-corrected chi connectivity index (χ4v) is 2.34. The van der Waals surface area contributed by atoms with E-state index < -0.39 is 0 Å². The maximum Gasteiger partial charge on any atom is 0.122 e. The average Bonchev–Trinajstić information content (AvgIpc) is 2.82. The lowest BCUT2D eigenvalue weighted by molar-refractivity contribution is 0.464. The molecule has 1 aromatic carbocycles. The van der Waals surface area contributed by atoms with Crippen molar-refractivity contribution in [3.8, 4) is 0 Å². The Kier molecular flexibility index (Phi) is 4.60. The van der Waals surface area contributed by atoms with Gasteiger partial charge in [-0.3, -0.25) is 0 Å². The molecule has 0 saturated heterocycles. The lowest BCUT2D eigenvalue weighted by Crippen LogP contribution is -1.94. The quantitative estimate of drug-likeness (QED) is 0.663. The van der Waals surface area contributed by atoms with Crippen molar-refractivity contribution >= 4 is 34.8 Å². The van der Waals surface area contributed by atoms with E-state index in [0.29, 0.717) is 16.5 Å². The van der Waals surface area contributed by atoms with Crippen molar-refractivity contribution in [1.29, 1.82) is 0 Å². The summed E-state index contributed by atoms with van der Waals surface area (Å²) in [5.74, 6) is 1.74. The van der Waals surface area contributed by atoms with Gasteiger partial charge in [0, 0.05) is 6.42 Å². The van der Waals surface area contributed by atoms with E-state index in [1.807, 2.05) is 31.2 Å². The molecule has 1 aromatic heterocycles. The van der Waals surface area contributed by atoms with Gasteiger partial charge in [-0.2, -0.15) is 0 Å². The second-order valence-electron chi connectivity index (χ2n) is 4.08. The topological polar surface area (TPSA) is 13.1 Å². The van der Waals surface area contributed by atoms with Gasteiger partial charge in [0.2, 0.25) is 0 Å². The van der Waals surface area contributed by atoms with E-state index in [9.17, 15) is 0 Å². The molecule has 96 valence electrons. The Morgan fingerprint density at radius 3 is 2.50 bits per heavy atom. The highest BCUT2D eigenvalue weighted by Crippen LogP contribution is 2.29. The largest absolute Gasteiger partial charge is 0.465 e. The summed E-state index contributed by atoms with van der Waals surface area (Å²) < 4.78 is 5.63. The molecule has 2 aromatic rings. The van der Waals surface area contributed by atoms with Gasteiger partial charge in [-0.05, 0) is 36.2 Å². The summed E-state index contributed by atoms with van der Waals surface area (Å²) in [7, 11) is 0. The molecule has 0 amide bonds. The third-order valence-corrected chi connectivity index (χ3v) is 3.85. The van der Waals surface area contributed by atoms with E-state index >= 15 is 0 Å². The second kappa shape index (κ2) is 6.01. The van der Waals surface area contributed by atoms with Crippen LogP contribution in [0.15, 0.2) is 34.7 Å². The van der Waals surface area contributed by atoms with Gasteiger partial charge >= 0.3 is 0 Å². The molecular weight excluding hydrogens is 291 g/mol. The average molecular weight is 304 g/mol. The van der Waals surface area contributed by atoms with Gasteiger partial charge in [0.25, 0.3) is 0 Å². The molecular formula is C14H13Cl3O. The molecule has 0 aliphatic rings. The molecule has 0 bridgehead atoms. The van der Waals surface area contributed by atoms with E-state index in [4.69, 9.17) is 39.2 Å². The molecule has 1 nitrogen and oxygen atoms in total. The highest BCUT2D eigenvalue weighted by Gasteiger charge is 2.13. The summed E-state index contributed by atoms with van der Waals surface area (Å²) in [5, 5.41) is 0.909. The van der Waals surface area contributed by atoms with Crippen LogP contribution >= 0.6 is 34.8 Å². The molecule has 18 heavy (non-hydrogen) atoms. The fraction of sp³-hybridized carbons (Fsp3) is 0.286. The van der Waals surface area contributed by atoms with Crippen LogP contribution in [0.3, 0.4) is 0 Å². The van der Waals surface area contributed by atoms with Gasteiger partial charge in [0.1, 0.15) is 11.5 Å². The monoisotopic (exact) mass is 302 g/mol. The van der Waals surface area contributed by atoms with Crippen LogP contribution in [-0.2, 0) is 12.8 Å². The van der Waals surface area contributed by atoms with E-state index in [-0.39, 0.29) is 5.38 Å². The van der Waals surface area contributed by atoms with E-state index in [0.717, 1.165) is 23.5 Å². The third kappa shape index (κ3) is 3.23. The van der Waals surface area contributed by atoms with Crippen molar-refractivity contribution in [2.24, 2.45) is 0 Å². The van der Waals surface area contributed by atoms with Crippen LogP contribution in [0.2, 0.25) is 10.0 Å². The number of rotatable bonds is 4. The minimum atomic E-state index is -0.192. The first-order valence-corrected chi connectivity index (χ1v) is 6.96. The summed E-state index contributed by atoms with van der Waals surface area (Å²) in [6.45, 7) is 2.05. The molecule has 0 aliphatic carbocycles. The van der Waals surface area contributed by atoms with Crippen molar-refractivity contribution in [3.05, 3.63) is 57.5 Å². The number of hydrogen-bond donors (Lipinski definition) is 0. The number of alkyl halides is 1. The molecule has 1 heterocycles. The SMILES string of the molecule is CCc1ccc(C(Cl)Cc2ccc(Cl)c(Cl)c2)o1. The zero-order valence-electron chi connectivity index (χ0n) is 9.92. The summed E-state index contributed by atoms with van der Waals surface area (Å²) in [6.07, 6.45) is 1.53. The maximum absolute atomic E-state index is 6.33. The Balaban J connectivity index is 2.10. The molecule has 0 N–H and O–H groups in total. The standard InChI is InChI=1S/C14H13Cl3O/c1-2-10-4-6-14(18-10)13(17)8-9-3-5-11(15)12(16)7-9/h3-7,13H,2,8H2,1H3. The molecule has 1 unspecified atom stereocenters. The predicted molar refractivity (Wildman–Crippen MR) is 76.8 cm³/mol. The van der Waals surface area contributed by atoms with Crippen LogP contribution in [0.1, 0.15) is 29.4 Å².